The number of amides is 2. The summed E-state index contributed by atoms with van der Waals surface area (Å²) >= 11 is 17.8. The number of carbonyl (C=O) groups excluding carboxylic acids is 3. The Morgan fingerprint density at radius 3 is 2.36 bits per heavy atom. The molecular formula is C26H24Cl3N3O4. The number of halogens is 3. The number of Topliss-reactive ketones (excluding diaryl/α,β-unsaturated/α-hetero) is 1. The van der Waals surface area contributed by atoms with Crippen molar-refractivity contribution in [3.63, 3.8) is 0 Å². The first-order valence-corrected chi connectivity index (χ1v) is 12.2. The molecular weight excluding hydrogens is 525 g/mol. The van der Waals surface area contributed by atoms with Gasteiger partial charge in [-0.05, 0) is 42.3 Å². The van der Waals surface area contributed by atoms with Crippen molar-refractivity contribution in [1.82, 2.24) is 15.6 Å². The quantitative estimate of drug-likeness (QED) is 0.343. The molecule has 0 saturated heterocycles. The number of ether oxygens (including phenoxy) is 1. The SMILES string of the molecule is C[C@@H](OCc1ccc(Cl)c(Cl)c1)C(=O)N[C@H](Cc1ccccc1)C(=O)C(=O)NCc1ccc(Cl)cn1. The Balaban J connectivity index is 1.63. The Morgan fingerprint density at radius 2 is 1.69 bits per heavy atom. The molecule has 0 aliphatic carbocycles. The number of ketones is 1. The van der Waals surface area contributed by atoms with Gasteiger partial charge in [-0.2, -0.15) is 0 Å². The lowest BCUT2D eigenvalue weighted by Crippen LogP contribution is -2.51. The summed E-state index contributed by atoms with van der Waals surface area (Å²) < 4.78 is 5.65. The van der Waals surface area contributed by atoms with Crippen LogP contribution in [0.1, 0.15) is 23.7 Å². The smallest absolute Gasteiger partial charge is 0.289 e. The first-order chi connectivity index (χ1) is 17.2. The number of nitrogens with one attached hydrogen (secondary N) is 2. The second-order valence-electron chi connectivity index (χ2n) is 7.97. The van der Waals surface area contributed by atoms with Crippen LogP contribution in [0.4, 0.5) is 0 Å². The predicted molar refractivity (Wildman–Crippen MR) is 139 cm³/mol. The topological polar surface area (TPSA) is 97.4 Å². The summed E-state index contributed by atoms with van der Waals surface area (Å²) in [5, 5.41) is 6.45. The van der Waals surface area contributed by atoms with Crippen molar-refractivity contribution in [2.24, 2.45) is 0 Å². The third-order valence-electron chi connectivity index (χ3n) is 5.21. The molecule has 188 valence electrons. The number of nitrogens with zero attached hydrogens (tertiary/aromatic N) is 1. The average Bonchev–Trinajstić information content (AvgIpc) is 2.88. The lowest BCUT2D eigenvalue weighted by Gasteiger charge is -2.20. The summed E-state index contributed by atoms with van der Waals surface area (Å²) in [4.78, 5) is 42.5. The number of hydrogen-bond acceptors (Lipinski definition) is 5. The first kappa shape index (κ1) is 27.6. The van der Waals surface area contributed by atoms with Gasteiger partial charge in [-0.1, -0.05) is 71.2 Å². The number of rotatable bonds is 11. The molecule has 0 aliphatic rings. The zero-order valence-electron chi connectivity index (χ0n) is 19.3. The standard InChI is InChI=1S/C26H24Cl3N3O4/c1-16(36-15-18-7-10-21(28)22(29)11-18)25(34)32-23(12-17-5-3-2-4-6-17)24(33)26(35)31-14-20-9-8-19(27)13-30-20/h2-11,13,16,23H,12,14-15H2,1H3,(H,31,35)(H,32,34)/t16-,23-/m1/s1. The van der Waals surface area contributed by atoms with E-state index >= 15 is 0 Å². The van der Waals surface area contributed by atoms with Crippen LogP contribution in [0.5, 0.6) is 0 Å². The third-order valence-corrected chi connectivity index (χ3v) is 6.17. The number of hydrogen-bond donors (Lipinski definition) is 2. The maximum Gasteiger partial charge on any atom is 0.289 e. The van der Waals surface area contributed by atoms with Crippen molar-refractivity contribution in [1.29, 1.82) is 0 Å². The molecule has 0 spiro atoms. The molecule has 0 fully saturated rings. The van der Waals surface area contributed by atoms with E-state index in [0.717, 1.165) is 11.1 Å². The predicted octanol–water partition coefficient (Wildman–Crippen LogP) is 4.56. The molecule has 3 aromatic rings. The summed E-state index contributed by atoms with van der Waals surface area (Å²) in [5.74, 6) is -2.15. The van der Waals surface area contributed by atoms with Crippen LogP contribution in [-0.4, -0.2) is 34.7 Å². The Morgan fingerprint density at radius 1 is 0.944 bits per heavy atom. The fourth-order valence-corrected chi connectivity index (χ4v) is 3.63. The zero-order chi connectivity index (χ0) is 26.1. The van der Waals surface area contributed by atoms with E-state index < -0.39 is 29.7 Å². The van der Waals surface area contributed by atoms with Crippen LogP contribution in [0, 0.1) is 0 Å². The van der Waals surface area contributed by atoms with Gasteiger partial charge >= 0.3 is 0 Å². The average molecular weight is 549 g/mol. The lowest BCUT2D eigenvalue weighted by atomic mass is 10.0. The fraction of sp³-hybridized carbons (Fsp3) is 0.231. The van der Waals surface area contributed by atoms with E-state index in [1.807, 2.05) is 30.3 Å². The largest absolute Gasteiger partial charge is 0.364 e. The Kier molecular flexibility index (Phi) is 10.3. The minimum atomic E-state index is -1.09. The summed E-state index contributed by atoms with van der Waals surface area (Å²) in [6, 6.07) is 16.3. The van der Waals surface area contributed by atoms with E-state index in [4.69, 9.17) is 39.5 Å². The molecule has 0 bridgehead atoms. The van der Waals surface area contributed by atoms with E-state index in [2.05, 4.69) is 15.6 Å². The number of pyridine rings is 1. The van der Waals surface area contributed by atoms with Gasteiger partial charge < -0.3 is 15.4 Å². The van der Waals surface area contributed by atoms with Gasteiger partial charge in [0.1, 0.15) is 12.1 Å². The number of aromatic nitrogens is 1. The molecule has 0 saturated carbocycles. The Hall–Kier alpha value is -2.97. The van der Waals surface area contributed by atoms with Crippen LogP contribution in [0.15, 0.2) is 66.9 Å². The van der Waals surface area contributed by atoms with Crippen LogP contribution >= 0.6 is 34.8 Å². The molecule has 0 radical (unpaired) electrons. The Bertz CT molecular complexity index is 1210. The van der Waals surface area contributed by atoms with Crippen LogP contribution < -0.4 is 10.6 Å². The van der Waals surface area contributed by atoms with Crippen LogP contribution in [0.3, 0.4) is 0 Å². The van der Waals surface area contributed by atoms with Crippen molar-refractivity contribution in [2.45, 2.75) is 38.6 Å². The fourth-order valence-electron chi connectivity index (χ4n) is 3.20. The van der Waals surface area contributed by atoms with Crippen molar-refractivity contribution < 1.29 is 19.1 Å². The van der Waals surface area contributed by atoms with Gasteiger partial charge in [0, 0.05) is 12.6 Å². The molecule has 2 atom stereocenters. The molecule has 2 N–H and O–H groups in total. The molecule has 0 unspecified atom stereocenters. The summed E-state index contributed by atoms with van der Waals surface area (Å²) in [5.41, 5.74) is 2.05. The lowest BCUT2D eigenvalue weighted by molar-refractivity contribution is -0.141. The van der Waals surface area contributed by atoms with Gasteiger partial charge in [0.25, 0.3) is 5.91 Å². The Labute approximate surface area is 224 Å². The molecule has 2 aromatic carbocycles. The highest BCUT2D eigenvalue weighted by Gasteiger charge is 2.29. The molecule has 1 aromatic heterocycles. The maximum absolute atomic E-state index is 13.0. The molecule has 7 nitrogen and oxygen atoms in total. The van der Waals surface area contributed by atoms with Gasteiger partial charge in [0.2, 0.25) is 11.7 Å². The van der Waals surface area contributed by atoms with E-state index in [-0.39, 0.29) is 19.6 Å². The highest BCUT2D eigenvalue weighted by molar-refractivity contribution is 6.42. The first-order valence-electron chi connectivity index (χ1n) is 11.0. The second-order valence-corrected chi connectivity index (χ2v) is 9.22. The van der Waals surface area contributed by atoms with Gasteiger partial charge in [-0.3, -0.25) is 19.4 Å². The van der Waals surface area contributed by atoms with E-state index in [9.17, 15) is 14.4 Å². The highest BCUT2D eigenvalue weighted by Crippen LogP contribution is 2.23. The summed E-state index contributed by atoms with van der Waals surface area (Å²) in [6.07, 6.45) is 0.687. The monoisotopic (exact) mass is 547 g/mol. The summed E-state index contributed by atoms with van der Waals surface area (Å²) in [7, 11) is 0. The number of benzene rings is 2. The molecule has 2 amide bonds. The molecule has 1 heterocycles. The van der Waals surface area contributed by atoms with E-state index in [1.165, 1.54) is 6.20 Å². The normalized spacial score (nSPS) is 12.4. The highest BCUT2D eigenvalue weighted by atomic mass is 35.5. The third kappa shape index (κ3) is 8.31. The van der Waals surface area contributed by atoms with E-state index in [1.54, 1.807) is 37.3 Å². The van der Waals surface area contributed by atoms with Crippen molar-refractivity contribution >= 4 is 52.4 Å². The summed E-state index contributed by atoms with van der Waals surface area (Å²) in [6.45, 7) is 1.71. The van der Waals surface area contributed by atoms with Crippen molar-refractivity contribution in [3.8, 4) is 0 Å². The molecule has 10 heteroatoms. The van der Waals surface area contributed by atoms with Crippen LogP contribution in [0.2, 0.25) is 15.1 Å². The molecule has 3 rings (SSSR count). The minimum absolute atomic E-state index is 0.0386. The van der Waals surface area contributed by atoms with Gasteiger partial charge in [-0.25, -0.2) is 0 Å². The maximum atomic E-state index is 13.0. The minimum Gasteiger partial charge on any atom is -0.364 e. The van der Waals surface area contributed by atoms with E-state index in [0.29, 0.717) is 20.8 Å². The number of carbonyl (C=O) groups is 3. The molecule has 0 aliphatic heterocycles. The van der Waals surface area contributed by atoms with Crippen LogP contribution in [-0.2, 0) is 38.7 Å². The van der Waals surface area contributed by atoms with Gasteiger partial charge in [-0.15, -0.1) is 0 Å². The van der Waals surface area contributed by atoms with Gasteiger partial charge in [0.15, 0.2) is 0 Å². The molecule has 36 heavy (non-hydrogen) atoms. The second kappa shape index (κ2) is 13.4. The zero-order valence-corrected chi connectivity index (χ0v) is 21.6. The van der Waals surface area contributed by atoms with Gasteiger partial charge in [0.05, 0.1) is 33.9 Å². The van der Waals surface area contributed by atoms with Crippen molar-refractivity contribution in [3.05, 3.63) is 98.7 Å². The van der Waals surface area contributed by atoms with Crippen LogP contribution in [0.25, 0.3) is 0 Å². The van der Waals surface area contributed by atoms with Crippen molar-refractivity contribution in [2.75, 3.05) is 0 Å².